The maximum absolute atomic E-state index is 4.36. The van der Waals surface area contributed by atoms with Gasteiger partial charge >= 0.3 is 0 Å². The molecule has 0 saturated heterocycles. The van der Waals surface area contributed by atoms with Gasteiger partial charge in [-0.25, -0.2) is 0 Å². The van der Waals surface area contributed by atoms with Crippen molar-refractivity contribution >= 4 is 0 Å². The molecule has 1 saturated carbocycles. The number of hydrogen-bond donors (Lipinski definition) is 1. The molecule has 0 aliphatic heterocycles. The zero-order valence-corrected chi connectivity index (χ0v) is 11.3. The molecule has 0 atom stereocenters. The molecule has 90 valence electrons. The molecule has 2 rings (SSSR count). The highest BCUT2D eigenvalue weighted by molar-refractivity contribution is 5.20. The fraction of sp³-hybridized carbons (Fsp3) is 0.769. The molecular weight excluding hydrogens is 198 g/mol. The molecule has 1 aromatic rings. The van der Waals surface area contributed by atoms with Gasteiger partial charge in [-0.2, -0.15) is 5.10 Å². The zero-order chi connectivity index (χ0) is 12.1. The van der Waals surface area contributed by atoms with E-state index in [9.17, 15) is 0 Å². The van der Waals surface area contributed by atoms with Gasteiger partial charge in [-0.3, -0.25) is 4.68 Å². The lowest BCUT2D eigenvalue weighted by Crippen LogP contribution is -2.21. The van der Waals surface area contributed by atoms with E-state index in [2.05, 4.69) is 51.2 Å². The standard InChI is InChI=1S/C13H23N3/c1-9-10(8-16(6)15-9)7-14-11-12(2,3)13(11,4)5/h8,11,14H,7H2,1-6H3. The molecule has 1 N–H and O–H groups in total. The molecular formula is C13H23N3. The van der Waals surface area contributed by atoms with Gasteiger partial charge in [0.2, 0.25) is 0 Å². The Morgan fingerprint density at radius 1 is 1.31 bits per heavy atom. The van der Waals surface area contributed by atoms with Gasteiger partial charge in [0.15, 0.2) is 0 Å². The highest BCUT2D eigenvalue weighted by atomic mass is 15.3. The van der Waals surface area contributed by atoms with Crippen LogP contribution in [0.3, 0.4) is 0 Å². The smallest absolute Gasteiger partial charge is 0.0638 e. The van der Waals surface area contributed by atoms with Crippen LogP contribution in [-0.4, -0.2) is 15.8 Å². The number of nitrogens with one attached hydrogen (secondary N) is 1. The van der Waals surface area contributed by atoms with Gasteiger partial charge in [-0.15, -0.1) is 0 Å². The van der Waals surface area contributed by atoms with Crippen LogP contribution in [0.2, 0.25) is 0 Å². The molecule has 1 aliphatic carbocycles. The van der Waals surface area contributed by atoms with Crippen LogP contribution in [0, 0.1) is 17.8 Å². The van der Waals surface area contributed by atoms with E-state index in [1.54, 1.807) is 0 Å². The summed E-state index contributed by atoms with van der Waals surface area (Å²) in [5, 5.41) is 8.01. The van der Waals surface area contributed by atoms with E-state index >= 15 is 0 Å². The van der Waals surface area contributed by atoms with E-state index in [-0.39, 0.29) is 0 Å². The molecule has 0 unspecified atom stereocenters. The van der Waals surface area contributed by atoms with Gasteiger partial charge in [0.25, 0.3) is 0 Å². The van der Waals surface area contributed by atoms with Gasteiger partial charge in [-0.1, -0.05) is 27.7 Å². The quantitative estimate of drug-likeness (QED) is 0.848. The summed E-state index contributed by atoms with van der Waals surface area (Å²) in [7, 11) is 1.97. The molecule has 1 aliphatic rings. The van der Waals surface area contributed by atoms with Gasteiger partial charge < -0.3 is 5.32 Å². The molecule has 3 nitrogen and oxygen atoms in total. The fourth-order valence-corrected chi connectivity index (χ4v) is 2.74. The summed E-state index contributed by atoms with van der Waals surface area (Å²) in [6.45, 7) is 12.3. The predicted molar refractivity (Wildman–Crippen MR) is 66.1 cm³/mol. The Hall–Kier alpha value is -0.830. The van der Waals surface area contributed by atoms with Crippen LogP contribution >= 0.6 is 0 Å². The van der Waals surface area contributed by atoms with Crippen LogP contribution in [0.4, 0.5) is 0 Å². The van der Waals surface area contributed by atoms with Crippen molar-refractivity contribution < 1.29 is 0 Å². The first-order chi connectivity index (χ1) is 7.26. The van der Waals surface area contributed by atoms with Crippen molar-refractivity contribution in [1.29, 1.82) is 0 Å². The lowest BCUT2D eigenvalue weighted by atomic mass is 10.0. The Labute approximate surface area is 98.2 Å². The Morgan fingerprint density at radius 3 is 2.25 bits per heavy atom. The maximum Gasteiger partial charge on any atom is 0.0638 e. The lowest BCUT2D eigenvalue weighted by Gasteiger charge is -2.05. The summed E-state index contributed by atoms with van der Waals surface area (Å²) in [5.41, 5.74) is 3.25. The summed E-state index contributed by atoms with van der Waals surface area (Å²) >= 11 is 0. The Bertz CT molecular complexity index is 387. The molecule has 0 bridgehead atoms. The predicted octanol–water partition coefficient (Wildman–Crippen LogP) is 2.25. The molecule has 0 amide bonds. The van der Waals surface area contributed by atoms with Crippen molar-refractivity contribution in [3.63, 3.8) is 0 Å². The average molecular weight is 221 g/mol. The van der Waals surface area contributed by atoms with Crippen molar-refractivity contribution in [2.75, 3.05) is 0 Å². The fourth-order valence-electron chi connectivity index (χ4n) is 2.74. The molecule has 0 aromatic carbocycles. The monoisotopic (exact) mass is 221 g/mol. The summed E-state index contributed by atoms with van der Waals surface area (Å²) in [6.07, 6.45) is 2.10. The van der Waals surface area contributed by atoms with Crippen molar-refractivity contribution in [3.8, 4) is 0 Å². The van der Waals surface area contributed by atoms with E-state index in [4.69, 9.17) is 0 Å². The highest BCUT2D eigenvalue weighted by Gasteiger charge is 2.64. The molecule has 1 aromatic heterocycles. The third-order valence-electron chi connectivity index (χ3n) is 4.63. The van der Waals surface area contributed by atoms with E-state index in [0.29, 0.717) is 16.9 Å². The van der Waals surface area contributed by atoms with Crippen molar-refractivity contribution in [2.24, 2.45) is 17.9 Å². The molecule has 0 spiro atoms. The van der Waals surface area contributed by atoms with Crippen LogP contribution in [0.15, 0.2) is 6.20 Å². The summed E-state index contributed by atoms with van der Waals surface area (Å²) < 4.78 is 1.88. The van der Waals surface area contributed by atoms with E-state index in [1.807, 2.05) is 11.7 Å². The van der Waals surface area contributed by atoms with E-state index in [1.165, 1.54) is 5.56 Å². The van der Waals surface area contributed by atoms with Crippen molar-refractivity contribution in [1.82, 2.24) is 15.1 Å². The topological polar surface area (TPSA) is 29.9 Å². The molecule has 1 fully saturated rings. The van der Waals surface area contributed by atoms with Gasteiger partial charge in [0.05, 0.1) is 5.69 Å². The van der Waals surface area contributed by atoms with Crippen LogP contribution in [0.25, 0.3) is 0 Å². The van der Waals surface area contributed by atoms with Crippen LogP contribution in [0.5, 0.6) is 0 Å². The van der Waals surface area contributed by atoms with Crippen LogP contribution < -0.4 is 5.32 Å². The molecule has 3 heteroatoms. The minimum absolute atomic E-state index is 0.406. The Balaban J connectivity index is 1.98. The molecule has 0 radical (unpaired) electrons. The minimum atomic E-state index is 0.406. The third kappa shape index (κ3) is 1.58. The van der Waals surface area contributed by atoms with Crippen molar-refractivity contribution in [2.45, 2.75) is 47.2 Å². The summed E-state index contributed by atoms with van der Waals surface area (Å²) in [4.78, 5) is 0. The Morgan fingerprint density at radius 2 is 1.88 bits per heavy atom. The number of nitrogens with zero attached hydrogens (tertiary/aromatic N) is 2. The third-order valence-corrected chi connectivity index (χ3v) is 4.63. The van der Waals surface area contributed by atoms with Gasteiger partial charge in [0, 0.05) is 31.4 Å². The second-order valence-electron chi connectivity index (χ2n) is 6.17. The largest absolute Gasteiger partial charge is 0.309 e. The molecule has 16 heavy (non-hydrogen) atoms. The second-order valence-corrected chi connectivity index (χ2v) is 6.17. The first-order valence-corrected chi connectivity index (χ1v) is 5.99. The van der Waals surface area contributed by atoms with Crippen LogP contribution in [0.1, 0.15) is 39.0 Å². The first-order valence-electron chi connectivity index (χ1n) is 5.99. The highest BCUT2D eigenvalue weighted by Crippen LogP contribution is 2.62. The number of hydrogen-bond acceptors (Lipinski definition) is 2. The van der Waals surface area contributed by atoms with E-state index in [0.717, 1.165) is 12.2 Å². The van der Waals surface area contributed by atoms with Gasteiger partial charge in [-0.05, 0) is 17.8 Å². The number of aromatic nitrogens is 2. The number of aryl methyl sites for hydroxylation is 2. The maximum atomic E-state index is 4.36. The van der Waals surface area contributed by atoms with Crippen molar-refractivity contribution in [3.05, 3.63) is 17.5 Å². The molecule has 1 heterocycles. The summed E-state index contributed by atoms with van der Waals surface area (Å²) in [5.74, 6) is 0. The lowest BCUT2D eigenvalue weighted by molar-refractivity contribution is 0.457. The second kappa shape index (κ2) is 3.33. The minimum Gasteiger partial charge on any atom is -0.309 e. The van der Waals surface area contributed by atoms with E-state index < -0.39 is 0 Å². The normalized spacial score (nSPS) is 22.4. The number of rotatable bonds is 3. The summed E-state index contributed by atoms with van der Waals surface area (Å²) in [6, 6.07) is 0.611. The van der Waals surface area contributed by atoms with Gasteiger partial charge in [0.1, 0.15) is 0 Å². The van der Waals surface area contributed by atoms with Crippen LogP contribution in [-0.2, 0) is 13.6 Å². The SMILES string of the molecule is Cc1nn(C)cc1CNC1C(C)(C)C1(C)C. The zero-order valence-electron chi connectivity index (χ0n) is 11.3. The first kappa shape index (κ1) is 11.6. The Kier molecular flexibility index (Phi) is 2.42. The average Bonchev–Trinajstić information content (AvgIpc) is 2.38.